The highest BCUT2D eigenvalue weighted by Crippen LogP contribution is 2.45. The third-order valence-corrected chi connectivity index (χ3v) is 5.47. The van der Waals surface area contributed by atoms with Crippen molar-refractivity contribution in [1.29, 1.82) is 0 Å². The van der Waals surface area contributed by atoms with E-state index < -0.39 is 0 Å². The highest BCUT2D eigenvalue weighted by Gasteiger charge is 2.43. The molecule has 4 nitrogen and oxygen atoms in total. The molecule has 2 unspecified atom stereocenters. The Balaban J connectivity index is 1.51. The minimum atomic E-state index is -0.132. The lowest BCUT2D eigenvalue weighted by Gasteiger charge is -2.24. The number of benzene rings is 1. The molecule has 1 N–H and O–H groups in total. The highest BCUT2D eigenvalue weighted by molar-refractivity contribution is 5.96. The molecule has 0 spiro atoms. The molecular weight excluding hydrogens is 278 g/mol. The molecule has 0 saturated heterocycles. The van der Waals surface area contributed by atoms with Crippen LogP contribution in [0.5, 0.6) is 0 Å². The van der Waals surface area contributed by atoms with Gasteiger partial charge in [-0.15, -0.1) is 0 Å². The van der Waals surface area contributed by atoms with Crippen LogP contribution in [0.15, 0.2) is 34.7 Å². The van der Waals surface area contributed by atoms with Crippen LogP contribution in [0.1, 0.15) is 36.2 Å². The molecule has 1 aromatic carbocycles. The first-order valence-electron chi connectivity index (χ1n) is 8.05. The van der Waals surface area contributed by atoms with Gasteiger partial charge in [0, 0.05) is 18.5 Å². The van der Waals surface area contributed by atoms with Crippen LogP contribution in [-0.4, -0.2) is 35.1 Å². The number of furan rings is 1. The average Bonchev–Trinajstić information content (AvgIpc) is 3.16. The van der Waals surface area contributed by atoms with E-state index in [0.717, 1.165) is 36.7 Å². The first-order valence-corrected chi connectivity index (χ1v) is 8.05. The molecular formula is C18H21NO3. The van der Waals surface area contributed by atoms with Gasteiger partial charge < -0.3 is 14.4 Å². The van der Waals surface area contributed by atoms with Crippen LogP contribution in [-0.2, 0) is 0 Å². The standard InChI is InChI=1S/C18H21NO3/c1-19(14-6-12-8-15(20)9-13(12)7-14)18(21)17-10-11-4-2-3-5-16(11)22-17/h2-5,10,12-15,20H,6-9H2,1H3/t12-,13+,14?,15?. The van der Waals surface area contributed by atoms with Crippen LogP contribution in [0.2, 0.25) is 0 Å². The summed E-state index contributed by atoms with van der Waals surface area (Å²) in [5.74, 6) is 1.53. The zero-order valence-electron chi connectivity index (χ0n) is 12.7. The highest BCUT2D eigenvalue weighted by atomic mass is 16.3. The zero-order chi connectivity index (χ0) is 15.3. The summed E-state index contributed by atoms with van der Waals surface area (Å²) in [6.45, 7) is 0. The smallest absolute Gasteiger partial charge is 0.289 e. The van der Waals surface area contributed by atoms with Crippen molar-refractivity contribution >= 4 is 16.9 Å². The Hall–Kier alpha value is -1.81. The molecule has 2 aromatic rings. The SMILES string of the molecule is CN(C(=O)c1cc2ccccc2o1)C1C[C@H]2CC(O)C[C@H]2C1. The third-order valence-electron chi connectivity index (χ3n) is 5.47. The number of rotatable bonds is 2. The van der Waals surface area contributed by atoms with E-state index in [1.54, 1.807) is 0 Å². The predicted molar refractivity (Wildman–Crippen MR) is 83.6 cm³/mol. The lowest BCUT2D eigenvalue weighted by molar-refractivity contribution is 0.0692. The summed E-state index contributed by atoms with van der Waals surface area (Å²) < 4.78 is 5.69. The van der Waals surface area contributed by atoms with Crippen molar-refractivity contribution in [3.8, 4) is 0 Å². The molecule has 0 radical (unpaired) electrons. The number of hydrogen-bond acceptors (Lipinski definition) is 3. The van der Waals surface area contributed by atoms with Gasteiger partial charge in [0.2, 0.25) is 0 Å². The Morgan fingerprint density at radius 1 is 1.18 bits per heavy atom. The van der Waals surface area contributed by atoms with Crippen LogP contribution < -0.4 is 0 Å². The van der Waals surface area contributed by atoms with E-state index in [9.17, 15) is 9.90 Å². The maximum Gasteiger partial charge on any atom is 0.289 e. The maximum atomic E-state index is 12.7. The van der Waals surface area contributed by atoms with Crippen LogP contribution in [0.4, 0.5) is 0 Å². The monoisotopic (exact) mass is 299 g/mol. The van der Waals surface area contributed by atoms with E-state index in [1.807, 2.05) is 42.3 Å². The number of para-hydroxylation sites is 1. The molecule has 1 aromatic heterocycles. The largest absolute Gasteiger partial charge is 0.451 e. The number of carbonyl (C=O) groups excluding carboxylic acids is 1. The number of hydrogen-bond donors (Lipinski definition) is 1. The van der Waals surface area contributed by atoms with Crippen molar-refractivity contribution in [2.45, 2.75) is 37.8 Å². The fourth-order valence-electron chi connectivity index (χ4n) is 4.30. The number of aliphatic hydroxyl groups excluding tert-OH is 1. The van der Waals surface area contributed by atoms with Gasteiger partial charge in [0.25, 0.3) is 5.91 Å². The summed E-state index contributed by atoms with van der Waals surface area (Å²) in [5.41, 5.74) is 0.755. The quantitative estimate of drug-likeness (QED) is 0.927. The van der Waals surface area contributed by atoms with Crippen molar-refractivity contribution in [3.63, 3.8) is 0 Å². The third kappa shape index (κ3) is 2.22. The second-order valence-corrected chi connectivity index (χ2v) is 6.84. The summed E-state index contributed by atoms with van der Waals surface area (Å²) in [5, 5.41) is 10.7. The van der Waals surface area contributed by atoms with Gasteiger partial charge in [-0.05, 0) is 49.7 Å². The second kappa shape index (κ2) is 5.13. The minimum Gasteiger partial charge on any atom is -0.451 e. The zero-order valence-corrected chi connectivity index (χ0v) is 12.7. The van der Waals surface area contributed by atoms with E-state index >= 15 is 0 Å². The summed E-state index contributed by atoms with van der Waals surface area (Å²) in [7, 11) is 1.87. The van der Waals surface area contributed by atoms with Crippen LogP contribution in [0.25, 0.3) is 11.0 Å². The molecule has 4 rings (SSSR count). The molecule has 0 aliphatic heterocycles. The number of nitrogens with zero attached hydrogens (tertiary/aromatic N) is 1. The molecule has 2 fully saturated rings. The van der Waals surface area contributed by atoms with Crippen LogP contribution in [0, 0.1) is 11.8 Å². The van der Waals surface area contributed by atoms with Gasteiger partial charge in [-0.25, -0.2) is 0 Å². The lowest BCUT2D eigenvalue weighted by Crippen LogP contribution is -2.35. The summed E-state index contributed by atoms with van der Waals surface area (Å²) >= 11 is 0. The number of fused-ring (bicyclic) bond motifs is 2. The van der Waals surface area contributed by atoms with E-state index in [2.05, 4.69) is 0 Å². The van der Waals surface area contributed by atoms with Gasteiger partial charge in [0.15, 0.2) is 5.76 Å². The van der Waals surface area contributed by atoms with E-state index in [1.165, 1.54) is 0 Å². The Labute approximate surface area is 129 Å². The van der Waals surface area contributed by atoms with E-state index in [-0.39, 0.29) is 18.1 Å². The van der Waals surface area contributed by atoms with Crippen molar-refractivity contribution < 1.29 is 14.3 Å². The second-order valence-electron chi connectivity index (χ2n) is 6.84. The molecule has 1 amide bonds. The summed E-state index contributed by atoms with van der Waals surface area (Å²) in [6, 6.07) is 9.79. The molecule has 4 heteroatoms. The predicted octanol–water partition coefficient (Wildman–Crippen LogP) is 3.05. The van der Waals surface area contributed by atoms with Gasteiger partial charge in [0.1, 0.15) is 5.58 Å². The lowest BCUT2D eigenvalue weighted by atomic mass is 10.0. The molecule has 2 aliphatic rings. The Bertz CT molecular complexity index is 660. The van der Waals surface area contributed by atoms with E-state index in [4.69, 9.17) is 4.42 Å². The molecule has 116 valence electrons. The van der Waals surface area contributed by atoms with Crippen molar-refractivity contribution in [1.82, 2.24) is 4.90 Å². The molecule has 2 aliphatic carbocycles. The Morgan fingerprint density at radius 3 is 2.55 bits per heavy atom. The Morgan fingerprint density at radius 2 is 1.86 bits per heavy atom. The summed E-state index contributed by atoms with van der Waals surface area (Å²) in [4.78, 5) is 14.5. The molecule has 1 heterocycles. The topological polar surface area (TPSA) is 53.7 Å². The van der Waals surface area contributed by atoms with Crippen molar-refractivity contribution in [3.05, 3.63) is 36.1 Å². The molecule has 2 saturated carbocycles. The van der Waals surface area contributed by atoms with Gasteiger partial charge in [-0.2, -0.15) is 0 Å². The van der Waals surface area contributed by atoms with Crippen molar-refractivity contribution in [2.24, 2.45) is 11.8 Å². The van der Waals surface area contributed by atoms with Crippen LogP contribution >= 0.6 is 0 Å². The van der Waals surface area contributed by atoms with E-state index in [0.29, 0.717) is 17.6 Å². The number of aliphatic hydroxyl groups is 1. The summed E-state index contributed by atoms with van der Waals surface area (Å²) in [6.07, 6.45) is 3.67. The average molecular weight is 299 g/mol. The van der Waals surface area contributed by atoms with Gasteiger partial charge >= 0.3 is 0 Å². The molecule has 0 bridgehead atoms. The van der Waals surface area contributed by atoms with Crippen molar-refractivity contribution in [2.75, 3.05) is 7.05 Å². The first kappa shape index (κ1) is 13.8. The maximum absolute atomic E-state index is 12.7. The van der Waals surface area contributed by atoms with Crippen LogP contribution in [0.3, 0.4) is 0 Å². The molecule has 22 heavy (non-hydrogen) atoms. The number of carbonyl (C=O) groups is 1. The number of amides is 1. The Kier molecular flexibility index (Phi) is 3.22. The normalized spacial score (nSPS) is 30.6. The minimum absolute atomic E-state index is 0.0401. The fourth-order valence-corrected chi connectivity index (χ4v) is 4.30. The first-order chi connectivity index (χ1) is 10.6. The van der Waals surface area contributed by atoms with Gasteiger partial charge in [-0.3, -0.25) is 4.79 Å². The van der Waals surface area contributed by atoms with Gasteiger partial charge in [-0.1, -0.05) is 18.2 Å². The fraction of sp³-hybridized carbons (Fsp3) is 0.500. The molecule has 4 atom stereocenters. The van der Waals surface area contributed by atoms with Gasteiger partial charge in [0.05, 0.1) is 6.10 Å².